The molecule has 0 saturated carbocycles. The highest BCUT2D eigenvalue weighted by Gasteiger charge is 2.16. The third kappa shape index (κ3) is 6.95. The number of aliphatic hydroxyl groups is 1. The number of hydrogen-bond donors (Lipinski definition) is 2. The van der Waals surface area contributed by atoms with Crippen molar-refractivity contribution in [2.45, 2.75) is 52.3 Å². The molecule has 19 heavy (non-hydrogen) atoms. The summed E-state index contributed by atoms with van der Waals surface area (Å²) in [5.41, 5.74) is 0.297. The molecule has 0 heterocycles. The molecule has 0 amide bonds. The highest BCUT2D eigenvalue weighted by atomic mass is 79.9. The summed E-state index contributed by atoms with van der Waals surface area (Å²) in [5, 5.41) is 13.2. The molecule has 4 heteroatoms. The summed E-state index contributed by atoms with van der Waals surface area (Å²) in [4.78, 5) is 0. The second-order valence-corrected chi connectivity index (χ2v) is 7.37. The Hall–Kier alpha value is -0.580. The summed E-state index contributed by atoms with van der Waals surface area (Å²) in [6, 6.07) is 5.91. The number of nitrogens with one attached hydrogen (secondary N) is 1. The predicted octanol–water partition coefficient (Wildman–Crippen LogP) is 3.49. The molecular weight excluding hydrogens is 306 g/mol. The van der Waals surface area contributed by atoms with Gasteiger partial charge in [-0.25, -0.2) is 0 Å². The van der Waals surface area contributed by atoms with Crippen molar-refractivity contribution in [2.75, 3.05) is 6.61 Å². The molecule has 1 aromatic carbocycles. The monoisotopic (exact) mass is 329 g/mol. The Bertz CT molecular complexity index is 419. The van der Waals surface area contributed by atoms with Crippen LogP contribution in [-0.4, -0.2) is 22.9 Å². The molecule has 0 unspecified atom stereocenters. The molecule has 0 fully saturated rings. The van der Waals surface area contributed by atoms with Crippen molar-refractivity contribution >= 4 is 15.9 Å². The summed E-state index contributed by atoms with van der Waals surface area (Å²) in [6.45, 7) is 10.9. The first kappa shape index (κ1) is 16.5. The Morgan fingerprint density at radius 3 is 2.37 bits per heavy atom. The standard InChI is InChI=1S/C15H24BrNO2/c1-14(2,3)17-9-11-8-12(16)6-7-13(11)19-10-15(4,5)18/h6-8,17-18H,9-10H2,1-5H3. The molecule has 0 bridgehead atoms. The average Bonchev–Trinajstić information content (AvgIpc) is 2.22. The molecule has 0 saturated heterocycles. The van der Waals surface area contributed by atoms with Crippen molar-refractivity contribution in [2.24, 2.45) is 0 Å². The van der Waals surface area contributed by atoms with Gasteiger partial charge in [-0.3, -0.25) is 0 Å². The van der Waals surface area contributed by atoms with E-state index >= 15 is 0 Å². The number of rotatable bonds is 5. The van der Waals surface area contributed by atoms with Crippen molar-refractivity contribution in [3.05, 3.63) is 28.2 Å². The Morgan fingerprint density at radius 1 is 1.21 bits per heavy atom. The summed E-state index contributed by atoms with van der Waals surface area (Å²) >= 11 is 3.47. The lowest BCUT2D eigenvalue weighted by molar-refractivity contribution is 0.0281. The van der Waals surface area contributed by atoms with Crippen LogP contribution in [0.25, 0.3) is 0 Å². The van der Waals surface area contributed by atoms with Gasteiger partial charge in [0.2, 0.25) is 0 Å². The van der Waals surface area contributed by atoms with Gasteiger partial charge in [0.05, 0.1) is 5.60 Å². The van der Waals surface area contributed by atoms with E-state index in [2.05, 4.69) is 42.0 Å². The van der Waals surface area contributed by atoms with Gasteiger partial charge in [-0.1, -0.05) is 15.9 Å². The molecule has 3 nitrogen and oxygen atoms in total. The van der Waals surface area contributed by atoms with Crippen molar-refractivity contribution < 1.29 is 9.84 Å². The van der Waals surface area contributed by atoms with Crippen LogP contribution in [0, 0.1) is 0 Å². The van der Waals surface area contributed by atoms with Crippen LogP contribution in [0.3, 0.4) is 0 Å². The highest BCUT2D eigenvalue weighted by molar-refractivity contribution is 9.10. The fourth-order valence-corrected chi connectivity index (χ4v) is 1.85. The molecule has 0 atom stereocenters. The van der Waals surface area contributed by atoms with E-state index < -0.39 is 5.60 Å². The second kappa shape index (κ2) is 6.25. The van der Waals surface area contributed by atoms with Gasteiger partial charge in [-0.15, -0.1) is 0 Å². The van der Waals surface area contributed by atoms with E-state index in [9.17, 15) is 5.11 Å². The lowest BCUT2D eigenvalue weighted by Crippen LogP contribution is -2.35. The zero-order valence-corrected chi connectivity index (χ0v) is 14.0. The molecule has 108 valence electrons. The van der Waals surface area contributed by atoms with Crippen molar-refractivity contribution in [3.63, 3.8) is 0 Å². The quantitative estimate of drug-likeness (QED) is 0.868. The van der Waals surface area contributed by atoms with E-state index in [0.717, 1.165) is 22.3 Å². The number of ether oxygens (including phenoxy) is 1. The first-order valence-electron chi connectivity index (χ1n) is 6.45. The van der Waals surface area contributed by atoms with Gasteiger partial charge < -0.3 is 15.2 Å². The van der Waals surface area contributed by atoms with Gasteiger partial charge in [0.15, 0.2) is 0 Å². The van der Waals surface area contributed by atoms with Crippen LogP contribution >= 0.6 is 15.9 Å². The minimum absolute atomic E-state index is 0.0514. The summed E-state index contributed by atoms with van der Waals surface area (Å²) in [6.07, 6.45) is 0. The largest absolute Gasteiger partial charge is 0.490 e. The molecule has 1 aromatic rings. The van der Waals surface area contributed by atoms with E-state index in [4.69, 9.17) is 4.74 Å². The van der Waals surface area contributed by atoms with E-state index in [0.29, 0.717) is 0 Å². The Morgan fingerprint density at radius 2 is 1.84 bits per heavy atom. The van der Waals surface area contributed by atoms with Gasteiger partial charge in [0.1, 0.15) is 12.4 Å². The van der Waals surface area contributed by atoms with E-state index in [1.807, 2.05) is 18.2 Å². The van der Waals surface area contributed by atoms with Gasteiger partial charge in [0.25, 0.3) is 0 Å². The molecule has 0 aliphatic rings. The molecule has 0 radical (unpaired) electrons. The minimum atomic E-state index is -0.832. The third-order valence-corrected chi connectivity index (χ3v) is 2.91. The molecule has 0 aliphatic heterocycles. The first-order chi connectivity index (χ1) is 8.57. The number of hydrogen-bond acceptors (Lipinski definition) is 3. The molecular formula is C15H24BrNO2. The summed E-state index contributed by atoms with van der Waals surface area (Å²) < 4.78 is 6.73. The van der Waals surface area contributed by atoms with Crippen LogP contribution in [0.5, 0.6) is 5.75 Å². The minimum Gasteiger partial charge on any atom is -0.490 e. The summed E-state index contributed by atoms with van der Waals surface area (Å²) in [7, 11) is 0. The molecule has 1 rings (SSSR count). The second-order valence-electron chi connectivity index (χ2n) is 6.46. The lowest BCUT2D eigenvalue weighted by Gasteiger charge is -2.23. The van der Waals surface area contributed by atoms with E-state index in [1.54, 1.807) is 13.8 Å². The lowest BCUT2D eigenvalue weighted by atomic mass is 10.1. The summed E-state index contributed by atoms with van der Waals surface area (Å²) in [5.74, 6) is 0.807. The average molecular weight is 330 g/mol. The van der Waals surface area contributed by atoms with E-state index in [-0.39, 0.29) is 12.1 Å². The molecule has 2 N–H and O–H groups in total. The van der Waals surface area contributed by atoms with Gasteiger partial charge in [-0.2, -0.15) is 0 Å². The fraction of sp³-hybridized carbons (Fsp3) is 0.600. The number of benzene rings is 1. The van der Waals surface area contributed by atoms with Gasteiger partial charge in [0, 0.05) is 22.1 Å². The van der Waals surface area contributed by atoms with Gasteiger partial charge in [-0.05, 0) is 52.8 Å². The number of halogens is 1. The topological polar surface area (TPSA) is 41.5 Å². The first-order valence-corrected chi connectivity index (χ1v) is 7.25. The van der Waals surface area contributed by atoms with Crippen molar-refractivity contribution in [1.82, 2.24) is 5.32 Å². The Balaban J connectivity index is 2.80. The molecule has 0 spiro atoms. The van der Waals surface area contributed by atoms with Crippen LogP contribution in [0.4, 0.5) is 0 Å². The maximum Gasteiger partial charge on any atom is 0.124 e. The van der Waals surface area contributed by atoms with Crippen molar-refractivity contribution in [3.8, 4) is 5.75 Å². The van der Waals surface area contributed by atoms with Crippen LogP contribution in [0.1, 0.15) is 40.2 Å². The molecule has 0 aromatic heterocycles. The van der Waals surface area contributed by atoms with Crippen LogP contribution in [0.2, 0.25) is 0 Å². The van der Waals surface area contributed by atoms with Crippen molar-refractivity contribution in [1.29, 1.82) is 0 Å². The maximum atomic E-state index is 9.73. The molecule has 0 aliphatic carbocycles. The predicted molar refractivity (Wildman–Crippen MR) is 82.5 cm³/mol. The Kier molecular flexibility index (Phi) is 5.42. The SMILES string of the molecule is CC(C)(O)COc1ccc(Br)cc1CNC(C)(C)C. The third-order valence-electron chi connectivity index (χ3n) is 2.41. The normalized spacial score (nSPS) is 12.6. The van der Waals surface area contributed by atoms with Crippen LogP contribution in [-0.2, 0) is 6.54 Å². The zero-order chi connectivity index (χ0) is 14.7. The Labute approximate surface area is 124 Å². The smallest absolute Gasteiger partial charge is 0.124 e. The van der Waals surface area contributed by atoms with Gasteiger partial charge >= 0.3 is 0 Å². The fourth-order valence-electron chi connectivity index (χ4n) is 1.44. The maximum absolute atomic E-state index is 9.73. The highest BCUT2D eigenvalue weighted by Crippen LogP contribution is 2.24. The van der Waals surface area contributed by atoms with E-state index in [1.165, 1.54) is 0 Å². The zero-order valence-electron chi connectivity index (χ0n) is 12.4. The van der Waals surface area contributed by atoms with Crippen LogP contribution < -0.4 is 10.1 Å². The van der Waals surface area contributed by atoms with Crippen LogP contribution in [0.15, 0.2) is 22.7 Å².